The highest BCUT2D eigenvalue weighted by Crippen LogP contribution is 2.41. The van der Waals surface area contributed by atoms with Crippen LogP contribution in [0.5, 0.6) is 5.88 Å². The Morgan fingerprint density at radius 1 is 1.00 bits per heavy atom. The molecule has 2 aliphatic rings. The number of aliphatic imine (C=N–C) groups is 1. The number of allylic oxidation sites excluding steroid dienone is 1. The third-order valence-electron chi connectivity index (χ3n) is 5.91. The van der Waals surface area contributed by atoms with E-state index in [0.29, 0.717) is 4.88 Å². The zero-order valence-electron chi connectivity index (χ0n) is 21.9. The van der Waals surface area contributed by atoms with Crippen molar-refractivity contribution in [2.24, 2.45) is 4.99 Å². The Bertz CT molecular complexity index is 1460. The van der Waals surface area contributed by atoms with Crippen molar-refractivity contribution in [1.29, 1.82) is 0 Å². The van der Waals surface area contributed by atoms with E-state index in [1.807, 2.05) is 24.3 Å². The number of ether oxygens (including phenoxy) is 5. The molecule has 0 aliphatic carbocycles. The van der Waals surface area contributed by atoms with Crippen LogP contribution in [0.15, 0.2) is 29.3 Å². The highest BCUT2D eigenvalue weighted by molar-refractivity contribution is 7.73. The van der Waals surface area contributed by atoms with Gasteiger partial charge in [0.2, 0.25) is 5.88 Å². The molecule has 1 aromatic carbocycles. The third kappa shape index (κ3) is 6.29. The number of aromatic hydroxyl groups is 1. The fraction of sp³-hybridized carbons (Fsp3) is 0.385. The van der Waals surface area contributed by atoms with Gasteiger partial charge in [0.25, 0.3) is 0 Å². The molecule has 1 aromatic heterocycles. The van der Waals surface area contributed by atoms with Crippen molar-refractivity contribution >= 4 is 71.0 Å². The monoisotopic (exact) mass is 590 g/mol. The number of nitrogens with zero attached hydrogens (tertiary/aromatic N) is 2. The van der Waals surface area contributed by atoms with Gasteiger partial charge in [-0.2, -0.15) is 0 Å². The fourth-order valence-electron chi connectivity index (χ4n) is 4.42. The Morgan fingerprint density at radius 2 is 1.62 bits per heavy atom. The molecular formula is C26H26N2O10S2. The number of para-hydroxylation sites is 1. The Hall–Kier alpha value is -3.88. The molecular weight excluding hydrogens is 564 g/mol. The maximum Gasteiger partial charge on any atom is 0.303 e. The molecule has 5 atom stereocenters. The lowest BCUT2D eigenvalue weighted by Crippen LogP contribution is -2.60. The number of benzene rings is 1. The van der Waals surface area contributed by atoms with Gasteiger partial charge in [-0.25, -0.2) is 0 Å². The highest BCUT2D eigenvalue weighted by atomic mass is 32.1. The lowest BCUT2D eigenvalue weighted by atomic mass is 9.97. The maximum atomic E-state index is 12.2. The normalized spacial score (nSPS) is 24.3. The number of hydrogen-bond acceptors (Lipinski definition) is 13. The van der Waals surface area contributed by atoms with Crippen LogP contribution in [0.1, 0.15) is 44.4 Å². The smallest absolute Gasteiger partial charge is 0.303 e. The maximum absolute atomic E-state index is 12.2. The molecule has 12 nitrogen and oxygen atoms in total. The number of aromatic nitrogens is 1. The van der Waals surface area contributed by atoms with Crippen LogP contribution in [-0.4, -0.2) is 70.8 Å². The second-order valence-electron chi connectivity index (χ2n) is 8.89. The minimum atomic E-state index is -1.42. The van der Waals surface area contributed by atoms with Gasteiger partial charge in [-0.1, -0.05) is 18.2 Å². The van der Waals surface area contributed by atoms with Crippen LogP contribution in [0.3, 0.4) is 0 Å². The second-order valence-corrected chi connectivity index (χ2v) is 10.6. The summed E-state index contributed by atoms with van der Waals surface area (Å²) in [6.07, 6.45) is -3.34. The minimum absolute atomic E-state index is 0.133. The highest BCUT2D eigenvalue weighted by Gasteiger charge is 2.53. The van der Waals surface area contributed by atoms with Crippen LogP contribution in [0.2, 0.25) is 0 Å². The Labute approximate surface area is 237 Å². The van der Waals surface area contributed by atoms with Gasteiger partial charge in [0.05, 0.1) is 10.6 Å². The molecule has 0 saturated carbocycles. The van der Waals surface area contributed by atoms with Gasteiger partial charge < -0.3 is 28.8 Å². The largest absolute Gasteiger partial charge is 0.493 e. The van der Waals surface area contributed by atoms with Gasteiger partial charge in [0, 0.05) is 45.0 Å². The lowest BCUT2D eigenvalue weighted by Gasteiger charge is -2.44. The van der Waals surface area contributed by atoms with E-state index < -0.39 is 61.1 Å². The zero-order chi connectivity index (χ0) is 29.1. The zero-order valence-corrected chi connectivity index (χ0v) is 23.5. The van der Waals surface area contributed by atoms with Crippen molar-refractivity contribution in [3.05, 3.63) is 38.7 Å². The summed E-state index contributed by atoms with van der Waals surface area (Å²) in [6, 6.07) is 7.48. The van der Waals surface area contributed by atoms with Gasteiger partial charge >= 0.3 is 23.9 Å². The lowest BCUT2D eigenvalue weighted by molar-refractivity contribution is -0.269. The van der Waals surface area contributed by atoms with Crippen molar-refractivity contribution < 1.29 is 48.0 Å². The second kappa shape index (κ2) is 12.1. The van der Waals surface area contributed by atoms with Crippen LogP contribution in [0.4, 0.5) is 5.69 Å². The molecule has 1 N–H and O–H groups in total. The predicted molar refractivity (Wildman–Crippen MR) is 144 cm³/mol. The van der Waals surface area contributed by atoms with Gasteiger partial charge in [-0.05, 0) is 24.4 Å². The molecule has 4 rings (SSSR count). The standard InChI is InChI=1S/C26H26N2O10S2/c1-12(29)34-11-19-21(35-13(2)30)22(36-14(3)31)23(37-15(4)32)25(38-19)28-24(33)20(40-26(28)39)9-16-10-27-18-8-6-5-7-17(16)18/h5-10,19,21-23,25,33H,11H2,1-4H3. The number of esters is 4. The molecule has 212 valence electrons. The summed E-state index contributed by atoms with van der Waals surface area (Å²) in [5.74, 6) is -3.25. The average Bonchev–Trinajstić information content (AvgIpc) is 3.40. The summed E-state index contributed by atoms with van der Waals surface area (Å²) in [6.45, 7) is 4.16. The van der Waals surface area contributed by atoms with E-state index >= 15 is 0 Å². The number of rotatable bonds is 7. The van der Waals surface area contributed by atoms with E-state index in [9.17, 15) is 24.3 Å². The number of fused-ring (bicyclic) bond motifs is 1. The molecule has 0 radical (unpaired) electrons. The van der Waals surface area contributed by atoms with E-state index in [1.165, 1.54) is 11.5 Å². The molecule has 0 bridgehead atoms. The molecule has 14 heteroatoms. The number of hydrogen-bond donors (Lipinski definition) is 1. The summed E-state index contributed by atoms with van der Waals surface area (Å²) in [5.41, 5.74) is 2.37. The molecule has 5 unspecified atom stereocenters. The first-order chi connectivity index (χ1) is 19.0. The first-order valence-corrected chi connectivity index (χ1v) is 13.3. The van der Waals surface area contributed by atoms with Crippen molar-refractivity contribution in [1.82, 2.24) is 4.57 Å². The predicted octanol–water partition coefficient (Wildman–Crippen LogP) is 3.50. The number of carbonyl (C=O) groups is 4. The molecule has 1 saturated heterocycles. The third-order valence-corrected chi connectivity index (χ3v) is 7.25. The first kappa shape index (κ1) is 29.1. The summed E-state index contributed by atoms with van der Waals surface area (Å²) in [7, 11) is 0. The number of carbonyl (C=O) groups excluding carboxylic acids is 4. The van der Waals surface area contributed by atoms with E-state index in [0.717, 1.165) is 48.9 Å². The molecule has 3 heterocycles. The van der Waals surface area contributed by atoms with Crippen molar-refractivity contribution in [3.63, 3.8) is 0 Å². The van der Waals surface area contributed by atoms with Crippen molar-refractivity contribution in [3.8, 4) is 5.88 Å². The summed E-state index contributed by atoms with van der Waals surface area (Å²) < 4.78 is 29.0. The van der Waals surface area contributed by atoms with E-state index in [2.05, 4.69) is 4.99 Å². The molecule has 0 amide bonds. The van der Waals surface area contributed by atoms with E-state index in [-0.39, 0.29) is 9.83 Å². The topological polar surface area (TPSA) is 152 Å². The fourth-order valence-corrected chi connectivity index (χ4v) is 5.73. The Morgan fingerprint density at radius 3 is 2.27 bits per heavy atom. The van der Waals surface area contributed by atoms with Crippen LogP contribution in [0, 0.1) is 3.95 Å². The minimum Gasteiger partial charge on any atom is -0.493 e. The van der Waals surface area contributed by atoms with Gasteiger partial charge in [-0.15, -0.1) is 11.3 Å². The molecule has 0 spiro atoms. The van der Waals surface area contributed by atoms with Gasteiger partial charge in [0.15, 0.2) is 28.5 Å². The summed E-state index contributed by atoms with van der Waals surface area (Å²) in [4.78, 5) is 52.5. The van der Waals surface area contributed by atoms with E-state index in [1.54, 1.807) is 12.3 Å². The molecule has 40 heavy (non-hydrogen) atoms. The molecule has 1 fully saturated rings. The van der Waals surface area contributed by atoms with E-state index in [4.69, 9.17) is 35.9 Å². The SMILES string of the molecule is CC(=O)OCC1OC(n2c(O)c(C=C3C=Nc4ccccc43)sc2=S)C(OC(C)=O)C(OC(C)=O)C1OC(C)=O. The summed E-state index contributed by atoms with van der Waals surface area (Å²) >= 11 is 6.61. The van der Waals surface area contributed by atoms with Gasteiger partial charge in [0.1, 0.15) is 12.7 Å². The van der Waals surface area contributed by atoms with Crippen LogP contribution < -0.4 is 0 Å². The Balaban J connectivity index is 1.81. The van der Waals surface area contributed by atoms with Crippen LogP contribution in [-0.2, 0) is 42.9 Å². The quantitative estimate of drug-likeness (QED) is 0.287. The Kier molecular flexibility index (Phi) is 8.81. The summed E-state index contributed by atoms with van der Waals surface area (Å²) in [5, 5.41) is 11.3. The first-order valence-electron chi connectivity index (χ1n) is 12.1. The molecule has 2 aromatic rings. The molecule has 2 aliphatic heterocycles. The van der Waals surface area contributed by atoms with Gasteiger partial charge in [-0.3, -0.25) is 28.7 Å². The van der Waals surface area contributed by atoms with Crippen molar-refractivity contribution in [2.75, 3.05) is 6.61 Å². The average molecular weight is 591 g/mol. The number of thiazole rings is 1. The van der Waals surface area contributed by atoms with Crippen molar-refractivity contribution in [2.45, 2.75) is 58.3 Å². The van der Waals surface area contributed by atoms with Crippen LogP contribution >= 0.6 is 23.6 Å². The van der Waals surface area contributed by atoms with Crippen LogP contribution in [0.25, 0.3) is 11.6 Å².